The van der Waals surface area contributed by atoms with Crippen LogP contribution in [0.3, 0.4) is 0 Å². The molecule has 0 saturated heterocycles. The highest BCUT2D eigenvalue weighted by Gasteiger charge is 2.03. The van der Waals surface area contributed by atoms with Crippen LogP contribution in [0, 0.1) is 5.82 Å². The summed E-state index contributed by atoms with van der Waals surface area (Å²) in [6.45, 7) is 7.41. The highest BCUT2D eigenvalue weighted by molar-refractivity contribution is 9.12. The van der Waals surface area contributed by atoms with Gasteiger partial charge in [-0.1, -0.05) is 19.2 Å². The summed E-state index contributed by atoms with van der Waals surface area (Å²) in [6.07, 6.45) is 1.47. The Bertz CT molecular complexity index is 472. The van der Waals surface area contributed by atoms with Crippen LogP contribution in [0.5, 0.6) is 5.75 Å². The highest BCUT2D eigenvalue weighted by Crippen LogP contribution is 2.19. The number of hydrogen-bond acceptors (Lipinski definition) is 2. The van der Waals surface area contributed by atoms with Crippen LogP contribution in [0.2, 0.25) is 0 Å². The van der Waals surface area contributed by atoms with Gasteiger partial charge in [-0.3, -0.25) is 4.99 Å². The molecule has 0 spiro atoms. The van der Waals surface area contributed by atoms with Crippen molar-refractivity contribution in [3.63, 3.8) is 0 Å². The van der Waals surface area contributed by atoms with E-state index in [9.17, 15) is 9.50 Å². The van der Waals surface area contributed by atoms with Crippen LogP contribution in [-0.2, 0) is 6.54 Å². The van der Waals surface area contributed by atoms with E-state index >= 15 is 0 Å². The summed E-state index contributed by atoms with van der Waals surface area (Å²) >= 11 is 3.19. The Morgan fingerprint density at radius 3 is 2.82 bits per heavy atom. The van der Waals surface area contributed by atoms with Crippen molar-refractivity contribution in [1.82, 2.24) is 5.32 Å². The fourth-order valence-electron chi connectivity index (χ4n) is 1.14. The molecule has 1 aromatic carbocycles. The van der Waals surface area contributed by atoms with Crippen LogP contribution < -0.4 is 5.32 Å². The monoisotopic (exact) mass is 298 g/mol. The number of phenolic OH excluding ortho intramolecular Hbond substituents is 1. The molecule has 2 N–H and O–H groups in total. The second-order valence-corrected chi connectivity index (χ2v) is 4.15. The molecule has 1 aromatic rings. The molecular weight excluding hydrogens is 287 g/mol. The van der Waals surface area contributed by atoms with Gasteiger partial charge in [0.15, 0.2) is 0 Å². The number of nitrogens with zero attached hydrogens (tertiary/aromatic N) is 1. The van der Waals surface area contributed by atoms with Gasteiger partial charge in [0.1, 0.15) is 17.4 Å². The second kappa shape index (κ2) is 6.20. The number of aliphatic imine (C=N–C) groups is 1. The maximum Gasteiger partial charge on any atom is 0.139 e. The lowest BCUT2D eigenvalue weighted by Gasteiger charge is -2.05. The van der Waals surface area contributed by atoms with E-state index in [1.807, 2.05) is 0 Å². The van der Waals surface area contributed by atoms with Gasteiger partial charge >= 0.3 is 0 Å². The van der Waals surface area contributed by atoms with Crippen molar-refractivity contribution in [1.29, 1.82) is 0 Å². The molecule has 90 valence electrons. The number of benzene rings is 1. The molecule has 17 heavy (non-hydrogen) atoms. The summed E-state index contributed by atoms with van der Waals surface area (Å²) in [5.74, 6) is -0.0971. The molecule has 0 aliphatic heterocycles. The van der Waals surface area contributed by atoms with E-state index in [-0.39, 0.29) is 12.3 Å². The average Bonchev–Trinajstić information content (AvgIpc) is 2.25. The van der Waals surface area contributed by atoms with Crippen LogP contribution in [0.15, 0.2) is 47.0 Å². The molecule has 0 amide bonds. The molecule has 0 aromatic heterocycles. The average molecular weight is 299 g/mol. The lowest BCUT2D eigenvalue weighted by Crippen LogP contribution is -2.16. The maximum atomic E-state index is 12.8. The summed E-state index contributed by atoms with van der Waals surface area (Å²) in [6, 6.07) is 3.80. The Hall–Kier alpha value is -1.62. The van der Waals surface area contributed by atoms with Crippen molar-refractivity contribution in [3.05, 3.63) is 53.4 Å². The summed E-state index contributed by atoms with van der Waals surface area (Å²) < 4.78 is 13.3. The van der Waals surface area contributed by atoms with Crippen molar-refractivity contribution in [2.45, 2.75) is 6.54 Å². The van der Waals surface area contributed by atoms with Crippen molar-refractivity contribution in [3.8, 4) is 5.75 Å². The van der Waals surface area contributed by atoms with Gasteiger partial charge in [-0.25, -0.2) is 4.39 Å². The summed E-state index contributed by atoms with van der Waals surface area (Å²) in [7, 11) is 0. The van der Waals surface area contributed by atoms with E-state index in [2.05, 4.69) is 39.4 Å². The predicted octanol–water partition coefficient (Wildman–Crippen LogP) is 3.07. The lowest BCUT2D eigenvalue weighted by molar-refractivity contribution is 0.462. The predicted molar refractivity (Wildman–Crippen MR) is 70.6 cm³/mol. The number of aromatic hydroxyl groups is 1. The molecule has 0 bridgehead atoms. The molecule has 0 atom stereocenters. The number of rotatable bonds is 4. The quantitative estimate of drug-likeness (QED) is 0.663. The number of amidine groups is 1. The van der Waals surface area contributed by atoms with Crippen LogP contribution >= 0.6 is 15.9 Å². The maximum absolute atomic E-state index is 12.8. The van der Waals surface area contributed by atoms with Crippen LogP contribution in [0.1, 0.15) is 5.56 Å². The fraction of sp³-hybridized carbons (Fsp3) is 0.0833. The van der Waals surface area contributed by atoms with E-state index in [1.165, 1.54) is 18.3 Å². The molecule has 0 radical (unpaired) electrons. The number of phenols is 1. The molecular formula is C12H12BrFN2O. The first-order valence-corrected chi connectivity index (χ1v) is 5.58. The third-order valence-electron chi connectivity index (χ3n) is 1.95. The minimum atomic E-state index is -0.482. The normalized spacial score (nSPS) is 11.1. The Balaban J connectivity index is 2.86. The number of halogens is 2. The Morgan fingerprint density at radius 2 is 2.29 bits per heavy atom. The third kappa shape index (κ3) is 4.03. The second-order valence-electron chi connectivity index (χ2n) is 3.19. The minimum absolute atomic E-state index is 0.119. The largest absolute Gasteiger partial charge is 0.507 e. The number of nitrogens with one attached hydrogen (secondary N) is 1. The van der Waals surface area contributed by atoms with Gasteiger partial charge in [-0.2, -0.15) is 0 Å². The van der Waals surface area contributed by atoms with Crippen molar-refractivity contribution >= 4 is 21.8 Å². The summed E-state index contributed by atoms with van der Waals surface area (Å²) in [5.41, 5.74) is 0.531. The van der Waals surface area contributed by atoms with Crippen LogP contribution in [0.4, 0.5) is 4.39 Å². The van der Waals surface area contributed by atoms with E-state index < -0.39 is 5.82 Å². The Morgan fingerprint density at radius 1 is 1.59 bits per heavy atom. The first-order chi connectivity index (χ1) is 8.04. The van der Waals surface area contributed by atoms with E-state index in [1.54, 1.807) is 0 Å². The highest BCUT2D eigenvalue weighted by atomic mass is 79.9. The molecule has 1 rings (SSSR count). The van der Waals surface area contributed by atoms with Crippen LogP contribution in [-0.4, -0.2) is 10.9 Å². The van der Waals surface area contributed by atoms with E-state index in [4.69, 9.17) is 0 Å². The van der Waals surface area contributed by atoms with Crippen LogP contribution in [0.25, 0.3) is 0 Å². The molecule has 3 nitrogen and oxygen atoms in total. The summed E-state index contributed by atoms with van der Waals surface area (Å²) in [4.78, 5) is 4.18. The zero-order valence-electron chi connectivity index (χ0n) is 9.08. The zero-order chi connectivity index (χ0) is 12.8. The number of hydrogen-bond donors (Lipinski definition) is 2. The fourth-order valence-corrected chi connectivity index (χ4v) is 1.38. The molecule has 0 heterocycles. The molecule has 0 aliphatic rings. The molecule has 0 unspecified atom stereocenters. The van der Waals surface area contributed by atoms with Crippen molar-refractivity contribution in [2.75, 3.05) is 0 Å². The first-order valence-electron chi connectivity index (χ1n) is 4.78. The lowest BCUT2D eigenvalue weighted by atomic mass is 10.2. The van der Waals surface area contributed by atoms with Gasteiger partial charge in [-0.15, -0.1) is 0 Å². The Kier molecular flexibility index (Phi) is 4.90. The van der Waals surface area contributed by atoms with Gasteiger partial charge in [-0.05, 0) is 28.2 Å². The zero-order valence-corrected chi connectivity index (χ0v) is 10.7. The van der Waals surface area contributed by atoms with E-state index in [0.717, 1.165) is 6.07 Å². The molecule has 5 heteroatoms. The van der Waals surface area contributed by atoms with Gasteiger partial charge in [0.2, 0.25) is 0 Å². The van der Waals surface area contributed by atoms with Crippen molar-refractivity contribution < 1.29 is 9.50 Å². The standard InChI is InChI=1S/C12H12BrFN2O/c1-3-15-12(8(2)13)16-7-9-4-5-10(14)6-11(9)17/h3-6,17H,1-2,7H2,(H,15,16). The molecule has 0 saturated carbocycles. The minimum Gasteiger partial charge on any atom is -0.507 e. The van der Waals surface area contributed by atoms with Gasteiger partial charge < -0.3 is 10.4 Å². The first kappa shape index (κ1) is 13.4. The van der Waals surface area contributed by atoms with E-state index in [0.29, 0.717) is 15.9 Å². The summed E-state index contributed by atoms with van der Waals surface area (Å²) in [5, 5.41) is 12.3. The van der Waals surface area contributed by atoms with Gasteiger partial charge in [0.25, 0.3) is 0 Å². The smallest absolute Gasteiger partial charge is 0.139 e. The topological polar surface area (TPSA) is 44.6 Å². The molecule has 0 fully saturated rings. The van der Waals surface area contributed by atoms with Gasteiger partial charge in [0.05, 0.1) is 11.0 Å². The Labute approximate surface area is 108 Å². The molecule has 0 aliphatic carbocycles. The van der Waals surface area contributed by atoms with Crippen molar-refractivity contribution in [2.24, 2.45) is 4.99 Å². The van der Waals surface area contributed by atoms with Gasteiger partial charge in [0, 0.05) is 11.6 Å². The third-order valence-corrected chi connectivity index (χ3v) is 2.33. The SMILES string of the molecule is C=CNC(=NCc1ccc(F)cc1O)C(=C)Br.